The number of carbonyl (C=O) groups is 1. The van der Waals surface area contributed by atoms with E-state index in [1.807, 2.05) is 0 Å². The molecule has 0 atom stereocenters. The van der Waals surface area contributed by atoms with Crippen molar-refractivity contribution in [2.45, 2.75) is 11.8 Å². The van der Waals surface area contributed by atoms with Gasteiger partial charge in [-0.25, -0.2) is 17.8 Å². The van der Waals surface area contributed by atoms with Crippen molar-refractivity contribution < 1.29 is 22.3 Å². The van der Waals surface area contributed by atoms with Gasteiger partial charge in [-0.1, -0.05) is 17.7 Å². The van der Waals surface area contributed by atoms with Crippen LogP contribution in [0.15, 0.2) is 53.7 Å². The number of carbonyl (C=O) groups excluding carboxylic acids is 1. The van der Waals surface area contributed by atoms with Gasteiger partial charge in [-0.2, -0.15) is 0 Å². The molecule has 0 spiro atoms. The lowest BCUT2D eigenvalue weighted by Crippen LogP contribution is -2.15. The first-order valence-corrected chi connectivity index (χ1v) is 10.2. The van der Waals surface area contributed by atoms with E-state index in [1.165, 1.54) is 42.7 Å². The largest absolute Gasteiger partial charge is 0.477 e. The SMILES string of the molecule is CCOc1ncc(Cl)cc1S(=O)(=O)Nc1ccnc(-c2ccc(C=O)cc2F)c1. The number of aldehydes is 1. The third-order valence-electron chi connectivity index (χ3n) is 3.77. The number of ether oxygens (including phenoxy) is 1. The molecule has 2 aromatic heterocycles. The van der Waals surface area contributed by atoms with E-state index in [0.717, 1.165) is 6.07 Å². The summed E-state index contributed by atoms with van der Waals surface area (Å²) in [5.74, 6) is -0.742. The molecule has 0 amide bonds. The fourth-order valence-corrected chi connectivity index (χ4v) is 3.90. The van der Waals surface area contributed by atoms with Crippen LogP contribution in [0.2, 0.25) is 5.02 Å². The Morgan fingerprint density at radius 1 is 1.21 bits per heavy atom. The minimum absolute atomic E-state index is 0.0887. The van der Waals surface area contributed by atoms with Crippen LogP contribution >= 0.6 is 11.6 Å². The second-order valence-electron chi connectivity index (χ2n) is 5.78. The number of halogens is 2. The molecule has 1 aromatic carbocycles. The molecule has 0 bridgehead atoms. The van der Waals surface area contributed by atoms with E-state index in [9.17, 15) is 17.6 Å². The Morgan fingerprint density at radius 2 is 2.00 bits per heavy atom. The third kappa shape index (κ3) is 4.69. The lowest BCUT2D eigenvalue weighted by atomic mass is 10.1. The summed E-state index contributed by atoms with van der Waals surface area (Å²) in [6.45, 7) is 1.91. The van der Waals surface area contributed by atoms with Gasteiger partial charge >= 0.3 is 0 Å². The molecule has 0 aliphatic rings. The van der Waals surface area contributed by atoms with Crippen molar-refractivity contribution in [2.75, 3.05) is 11.3 Å². The maximum Gasteiger partial charge on any atom is 0.267 e. The van der Waals surface area contributed by atoms with Crippen molar-refractivity contribution in [3.8, 4) is 17.1 Å². The molecule has 0 aliphatic carbocycles. The molecule has 150 valence electrons. The Kier molecular flexibility index (Phi) is 6.09. The molecule has 1 N–H and O–H groups in total. The second-order valence-corrected chi connectivity index (χ2v) is 7.87. The fourth-order valence-electron chi connectivity index (χ4n) is 2.51. The summed E-state index contributed by atoms with van der Waals surface area (Å²) in [5, 5.41) is 0.126. The monoisotopic (exact) mass is 435 g/mol. The van der Waals surface area contributed by atoms with Crippen LogP contribution in [-0.2, 0) is 10.0 Å². The molecular formula is C19H15ClFN3O4S. The van der Waals surface area contributed by atoms with Gasteiger partial charge in [0.05, 0.1) is 23.0 Å². The van der Waals surface area contributed by atoms with Gasteiger partial charge in [0.25, 0.3) is 10.0 Å². The van der Waals surface area contributed by atoms with Crippen LogP contribution in [0.4, 0.5) is 10.1 Å². The van der Waals surface area contributed by atoms with Gasteiger partial charge in [0.2, 0.25) is 5.88 Å². The third-order valence-corrected chi connectivity index (χ3v) is 5.36. The van der Waals surface area contributed by atoms with Crippen molar-refractivity contribution in [3.05, 3.63) is 65.2 Å². The summed E-state index contributed by atoms with van der Waals surface area (Å²) in [6, 6.07) is 7.92. The molecule has 3 rings (SSSR count). The smallest absolute Gasteiger partial charge is 0.267 e. The van der Waals surface area contributed by atoms with Crippen molar-refractivity contribution in [3.63, 3.8) is 0 Å². The summed E-state index contributed by atoms with van der Waals surface area (Å²) in [5.41, 5.74) is 0.641. The van der Waals surface area contributed by atoms with Crippen LogP contribution in [-0.4, -0.2) is 31.3 Å². The van der Waals surface area contributed by atoms with Crippen molar-refractivity contribution in [2.24, 2.45) is 0 Å². The highest BCUT2D eigenvalue weighted by Gasteiger charge is 2.22. The Balaban J connectivity index is 1.96. The van der Waals surface area contributed by atoms with Gasteiger partial charge in [0, 0.05) is 23.5 Å². The second kappa shape index (κ2) is 8.54. The number of sulfonamides is 1. The number of rotatable bonds is 7. The standard InChI is InChI=1S/C19H15ClFN3O4S/c1-2-28-19-18(8-13(20)10-23-19)29(26,27)24-14-5-6-22-17(9-14)15-4-3-12(11-25)7-16(15)21/h3-11H,2H2,1H3,(H,22,24). The zero-order chi connectivity index (χ0) is 21.0. The number of aromatic nitrogens is 2. The molecule has 0 aliphatic heterocycles. The van der Waals surface area contributed by atoms with E-state index in [2.05, 4.69) is 14.7 Å². The van der Waals surface area contributed by atoms with Crippen molar-refractivity contribution in [1.82, 2.24) is 9.97 Å². The number of hydrogen-bond donors (Lipinski definition) is 1. The van der Waals surface area contributed by atoms with Gasteiger partial charge in [-0.3, -0.25) is 14.5 Å². The number of hydrogen-bond acceptors (Lipinski definition) is 6. The van der Waals surface area contributed by atoms with Crippen molar-refractivity contribution in [1.29, 1.82) is 0 Å². The average Bonchev–Trinajstić information content (AvgIpc) is 2.69. The van der Waals surface area contributed by atoms with Gasteiger partial charge in [0.1, 0.15) is 12.1 Å². The molecule has 29 heavy (non-hydrogen) atoms. The maximum absolute atomic E-state index is 14.3. The number of benzene rings is 1. The molecule has 0 saturated heterocycles. The van der Waals surface area contributed by atoms with Gasteiger partial charge in [-0.05, 0) is 37.3 Å². The van der Waals surface area contributed by atoms with E-state index in [0.29, 0.717) is 6.29 Å². The molecular weight excluding hydrogens is 421 g/mol. The highest BCUT2D eigenvalue weighted by atomic mass is 35.5. The van der Waals surface area contributed by atoms with Gasteiger partial charge in [0.15, 0.2) is 4.90 Å². The highest BCUT2D eigenvalue weighted by Crippen LogP contribution is 2.28. The molecule has 7 nitrogen and oxygen atoms in total. The van der Waals surface area contributed by atoms with Crippen LogP contribution in [0.5, 0.6) is 5.88 Å². The van der Waals surface area contributed by atoms with Gasteiger partial charge < -0.3 is 4.74 Å². The summed E-state index contributed by atoms with van der Waals surface area (Å²) in [7, 11) is -4.10. The summed E-state index contributed by atoms with van der Waals surface area (Å²) in [6.07, 6.45) is 3.14. The number of nitrogens with one attached hydrogen (secondary N) is 1. The zero-order valence-corrected chi connectivity index (χ0v) is 16.7. The van der Waals surface area contributed by atoms with E-state index in [1.54, 1.807) is 6.92 Å². The Bertz CT molecular complexity index is 1170. The van der Waals surface area contributed by atoms with E-state index in [-0.39, 0.29) is 44.9 Å². The minimum atomic E-state index is -4.10. The first-order chi connectivity index (χ1) is 13.8. The highest BCUT2D eigenvalue weighted by molar-refractivity contribution is 7.92. The first kappa shape index (κ1) is 20.7. The van der Waals surface area contributed by atoms with Crippen LogP contribution < -0.4 is 9.46 Å². The van der Waals surface area contributed by atoms with Crippen molar-refractivity contribution >= 4 is 33.6 Å². The Hall–Kier alpha value is -3.04. The normalized spacial score (nSPS) is 11.1. The van der Waals surface area contributed by atoms with Crippen LogP contribution in [0.1, 0.15) is 17.3 Å². The first-order valence-electron chi connectivity index (χ1n) is 8.36. The zero-order valence-electron chi connectivity index (χ0n) is 15.1. The van der Waals surface area contributed by atoms with Crippen LogP contribution in [0, 0.1) is 5.82 Å². The predicted octanol–water partition coefficient (Wildman–Crippen LogP) is 3.95. The number of anilines is 1. The molecule has 3 aromatic rings. The lowest BCUT2D eigenvalue weighted by molar-refractivity contribution is 0.112. The summed E-state index contributed by atoms with van der Waals surface area (Å²) >= 11 is 5.89. The fraction of sp³-hybridized carbons (Fsp3) is 0.105. The Labute approximate surface area is 171 Å². The quantitative estimate of drug-likeness (QED) is 0.564. The molecule has 10 heteroatoms. The van der Waals surface area contributed by atoms with E-state index in [4.69, 9.17) is 16.3 Å². The average molecular weight is 436 g/mol. The van der Waals surface area contributed by atoms with E-state index >= 15 is 0 Å². The summed E-state index contributed by atoms with van der Waals surface area (Å²) in [4.78, 5) is 18.5. The van der Waals surface area contributed by atoms with E-state index < -0.39 is 15.8 Å². The Morgan fingerprint density at radius 3 is 2.69 bits per heavy atom. The number of nitrogens with zero attached hydrogens (tertiary/aromatic N) is 2. The molecule has 0 radical (unpaired) electrons. The molecule has 2 heterocycles. The molecule has 0 saturated carbocycles. The van der Waals surface area contributed by atoms with Gasteiger partial charge in [-0.15, -0.1) is 0 Å². The van der Waals surface area contributed by atoms with Crippen LogP contribution in [0.3, 0.4) is 0 Å². The number of pyridine rings is 2. The lowest BCUT2D eigenvalue weighted by Gasteiger charge is -2.12. The summed E-state index contributed by atoms with van der Waals surface area (Å²) < 4.78 is 47.6. The topological polar surface area (TPSA) is 98.2 Å². The van der Waals surface area contributed by atoms with Crippen LogP contribution in [0.25, 0.3) is 11.3 Å². The maximum atomic E-state index is 14.3. The molecule has 0 fully saturated rings. The molecule has 0 unspecified atom stereocenters. The predicted molar refractivity (Wildman–Crippen MR) is 106 cm³/mol. The minimum Gasteiger partial charge on any atom is -0.477 e.